The topological polar surface area (TPSA) is 48.5 Å². The molecule has 2 saturated heterocycles. The van der Waals surface area contributed by atoms with Crippen LogP contribution in [0.5, 0.6) is 0 Å². The van der Waals surface area contributed by atoms with E-state index in [9.17, 15) is 4.79 Å². The molecule has 4 rings (SSSR count). The molecule has 0 radical (unpaired) electrons. The predicted molar refractivity (Wildman–Crippen MR) is 128 cm³/mol. The molecule has 1 N–H and O–H groups in total. The average Bonchev–Trinajstić information content (AvgIpc) is 2.78. The number of aromatic nitrogens is 1. The summed E-state index contributed by atoms with van der Waals surface area (Å²) in [5, 5.41) is 3.87. The zero-order chi connectivity index (χ0) is 21.6. The fourth-order valence-electron chi connectivity index (χ4n) is 4.61. The molecule has 3 heterocycles. The van der Waals surface area contributed by atoms with Crippen molar-refractivity contribution in [1.29, 1.82) is 0 Å². The van der Waals surface area contributed by atoms with Crippen LogP contribution in [0.4, 0.5) is 11.5 Å². The molecule has 1 amide bonds. The quantitative estimate of drug-likeness (QED) is 0.597. The van der Waals surface area contributed by atoms with Crippen molar-refractivity contribution in [3.63, 3.8) is 0 Å². The second kappa shape index (κ2) is 10.7. The number of amides is 1. The summed E-state index contributed by atoms with van der Waals surface area (Å²) in [6.07, 6.45) is 9.51. The molecular formula is C24H30Cl2N4O. The van der Waals surface area contributed by atoms with Crippen LogP contribution in [0.3, 0.4) is 0 Å². The van der Waals surface area contributed by atoms with Gasteiger partial charge in [0, 0.05) is 34.9 Å². The lowest BCUT2D eigenvalue weighted by Crippen LogP contribution is -2.37. The van der Waals surface area contributed by atoms with Crippen LogP contribution >= 0.6 is 23.2 Å². The largest absolute Gasteiger partial charge is 0.355 e. The van der Waals surface area contributed by atoms with Crippen molar-refractivity contribution in [2.24, 2.45) is 5.92 Å². The molecule has 31 heavy (non-hydrogen) atoms. The number of benzene rings is 1. The summed E-state index contributed by atoms with van der Waals surface area (Å²) in [4.78, 5) is 22.3. The van der Waals surface area contributed by atoms with Crippen LogP contribution in [0.15, 0.2) is 36.5 Å². The molecule has 5 nitrogen and oxygen atoms in total. The normalized spacial score (nSPS) is 18.2. The Labute approximate surface area is 194 Å². The van der Waals surface area contributed by atoms with Crippen LogP contribution in [0, 0.1) is 5.92 Å². The fourth-order valence-corrected chi connectivity index (χ4v) is 5.13. The van der Waals surface area contributed by atoms with Crippen LogP contribution < -0.4 is 10.2 Å². The van der Waals surface area contributed by atoms with Crippen LogP contribution in [-0.2, 0) is 0 Å². The molecule has 0 spiro atoms. The molecule has 2 aliphatic rings. The van der Waals surface area contributed by atoms with E-state index in [1.165, 1.54) is 58.2 Å². The van der Waals surface area contributed by atoms with Crippen LogP contribution in [0.25, 0.3) is 0 Å². The Balaban J connectivity index is 1.35. The number of likely N-dealkylation sites (tertiary alicyclic amines) is 1. The van der Waals surface area contributed by atoms with Gasteiger partial charge >= 0.3 is 0 Å². The maximum atomic E-state index is 12.8. The third kappa shape index (κ3) is 6.12. The molecule has 0 bridgehead atoms. The first-order chi connectivity index (χ1) is 15.1. The molecule has 2 aliphatic heterocycles. The van der Waals surface area contributed by atoms with Gasteiger partial charge in [-0.15, -0.1) is 0 Å². The van der Waals surface area contributed by atoms with E-state index in [0.29, 0.717) is 15.6 Å². The average molecular weight is 461 g/mol. The Morgan fingerprint density at radius 2 is 1.74 bits per heavy atom. The molecule has 1 aromatic carbocycles. The van der Waals surface area contributed by atoms with E-state index in [4.69, 9.17) is 23.2 Å². The number of hydrogen-bond donors (Lipinski definition) is 1. The Hall–Kier alpha value is -1.82. The number of rotatable bonds is 6. The van der Waals surface area contributed by atoms with Crippen molar-refractivity contribution in [1.82, 2.24) is 9.88 Å². The standard InChI is InChI=1S/C24H30Cl2N4O/c25-20-15-19(16-21(26)17-20)24(31)28-22-5-4-9-27-23(22)30-13-7-18(8-14-30)6-12-29-10-2-1-3-11-29/h4-5,9,15-18H,1-3,6-8,10-14H2,(H,28,31). The van der Waals surface area contributed by atoms with Gasteiger partial charge in [-0.1, -0.05) is 29.6 Å². The smallest absolute Gasteiger partial charge is 0.255 e. The SMILES string of the molecule is O=C(Nc1cccnc1N1CCC(CCN2CCCCC2)CC1)c1cc(Cl)cc(Cl)c1. The van der Waals surface area contributed by atoms with E-state index in [2.05, 4.69) is 20.1 Å². The molecule has 1 aromatic heterocycles. The predicted octanol–water partition coefficient (Wildman–Crippen LogP) is 5.73. The lowest BCUT2D eigenvalue weighted by atomic mass is 9.93. The minimum atomic E-state index is -0.241. The molecule has 0 atom stereocenters. The van der Waals surface area contributed by atoms with Crippen LogP contribution in [0.2, 0.25) is 10.0 Å². The van der Waals surface area contributed by atoms with Gasteiger partial charge in [-0.3, -0.25) is 4.79 Å². The third-order valence-corrected chi connectivity index (χ3v) is 6.81. The summed E-state index contributed by atoms with van der Waals surface area (Å²) in [5.41, 5.74) is 1.15. The minimum Gasteiger partial charge on any atom is -0.355 e. The van der Waals surface area contributed by atoms with E-state index < -0.39 is 0 Å². The monoisotopic (exact) mass is 460 g/mol. The Morgan fingerprint density at radius 3 is 2.45 bits per heavy atom. The zero-order valence-corrected chi connectivity index (χ0v) is 19.3. The lowest BCUT2D eigenvalue weighted by Gasteiger charge is -2.35. The van der Waals surface area contributed by atoms with Crippen molar-refractivity contribution in [2.45, 2.75) is 38.5 Å². The van der Waals surface area contributed by atoms with E-state index in [1.54, 1.807) is 24.4 Å². The van der Waals surface area contributed by atoms with E-state index in [1.807, 2.05) is 12.1 Å². The Morgan fingerprint density at radius 1 is 1.03 bits per heavy atom. The molecule has 166 valence electrons. The zero-order valence-electron chi connectivity index (χ0n) is 17.8. The summed E-state index contributed by atoms with van der Waals surface area (Å²) in [7, 11) is 0. The highest BCUT2D eigenvalue weighted by atomic mass is 35.5. The highest BCUT2D eigenvalue weighted by molar-refractivity contribution is 6.35. The van der Waals surface area contributed by atoms with Crippen molar-refractivity contribution >= 4 is 40.6 Å². The number of carbonyl (C=O) groups excluding carboxylic acids is 1. The van der Waals surface area contributed by atoms with Gasteiger partial charge in [-0.05, 0) is 88.0 Å². The van der Waals surface area contributed by atoms with E-state index in [-0.39, 0.29) is 5.91 Å². The summed E-state index contributed by atoms with van der Waals surface area (Å²) >= 11 is 12.1. The van der Waals surface area contributed by atoms with Crippen molar-refractivity contribution in [2.75, 3.05) is 42.9 Å². The number of hydrogen-bond acceptors (Lipinski definition) is 4. The number of halogens is 2. The second-order valence-electron chi connectivity index (χ2n) is 8.61. The lowest BCUT2D eigenvalue weighted by molar-refractivity contribution is 0.102. The van der Waals surface area contributed by atoms with Crippen molar-refractivity contribution in [3.8, 4) is 0 Å². The number of nitrogens with zero attached hydrogens (tertiary/aromatic N) is 3. The van der Waals surface area contributed by atoms with Gasteiger partial charge < -0.3 is 15.1 Å². The van der Waals surface area contributed by atoms with Crippen molar-refractivity contribution in [3.05, 3.63) is 52.1 Å². The number of nitrogens with one attached hydrogen (secondary N) is 1. The summed E-state index contributed by atoms with van der Waals surface area (Å²) in [6.45, 7) is 5.71. The van der Waals surface area contributed by atoms with E-state index >= 15 is 0 Å². The van der Waals surface area contributed by atoms with Crippen LogP contribution in [0.1, 0.15) is 48.9 Å². The van der Waals surface area contributed by atoms with E-state index in [0.717, 1.165) is 30.5 Å². The molecular weight excluding hydrogens is 431 g/mol. The minimum absolute atomic E-state index is 0.241. The van der Waals surface area contributed by atoms with Crippen LogP contribution in [-0.4, -0.2) is 48.5 Å². The Kier molecular flexibility index (Phi) is 7.70. The fraction of sp³-hybridized carbons (Fsp3) is 0.500. The molecule has 0 saturated carbocycles. The van der Waals surface area contributed by atoms with Gasteiger partial charge in [0.05, 0.1) is 5.69 Å². The maximum absolute atomic E-state index is 12.8. The molecule has 7 heteroatoms. The summed E-state index contributed by atoms with van der Waals surface area (Å²) in [5.74, 6) is 1.36. The summed E-state index contributed by atoms with van der Waals surface area (Å²) in [6, 6.07) is 8.59. The molecule has 2 fully saturated rings. The van der Waals surface area contributed by atoms with Crippen molar-refractivity contribution < 1.29 is 4.79 Å². The third-order valence-electron chi connectivity index (χ3n) is 6.38. The highest BCUT2D eigenvalue weighted by Gasteiger charge is 2.23. The van der Waals surface area contributed by atoms with Gasteiger partial charge in [-0.25, -0.2) is 4.98 Å². The molecule has 2 aromatic rings. The van der Waals surface area contributed by atoms with Gasteiger partial charge in [-0.2, -0.15) is 0 Å². The van der Waals surface area contributed by atoms with Gasteiger partial charge in [0.1, 0.15) is 0 Å². The number of piperidine rings is 2. The Bertz CT molecular complexity index is 873. The number of anilines is 2. The molecule has 0 unspecified atom stereocenters. The molecule has 0 aliphatic carbocycles. The second-order valence-corrected chi connectivity index (χ2v) is 9.48. The van der Waals surface area contributed by atoms with Gasteiger partial charge in [0.2, 0.25) is 0 Å². The first kappa shape index (κ1) is 22.4. The highest BCUT2D eigenvalue weighted by Crippen LogP contribution is 2.30. The maximum Gasteiger partial charge on any atom is 0.255 e. The van der Waals surface area contributed by atoms with Gasteiger partial charge in [0.25, 0.3) is 5.91 Å². The van der Waals surface area contributed by atoms with Gasteiger partial charge in [0.15, 0.2) is 5.82 Å². The summed E-state index contributed by atoms with van der Waals surface area (Å²) < 4.78 is 0. The number of carbonyl (C=O) groups is 1. The first-order valence-corrected chi connectivity index (χ1v) is 12.0. The first-order valence-electron chi connectivity index (χ1n) is 11.3. The number of pyridine rings is 1.